The van der Waals surface area contributed by atoms with Gasteiger partial charge in [0, 0.05) is 30.2 Å². The Morgan fingerprint density at radius 2 is 1.79 bits per heavy atom. The number of hydrogen-bond donors (Lipinski definition) is 1. The molecule has 172 valence electrons. The van der Waals surface area contributed by atoms with E-state index in [1.54, 1.807) is 35.9 Å². The third kappa shape index (κ3) is 4.55. The minimum Gasteiger partial charge on any atom is -0.425 e. The van der Waals surface area contributed by atoms with Crippen molar-refractivity contribution in [1.29, 1.82) is 0 Å². The summed E-state index contributed by atoms with van der Waals surface area (Å²) in [7, 11) is 1.55. The number of aliphatic hydroxyl groups excluding tert-OH is 1. The number of rotatable bonds is 7. The van der Waals surface area contributed by atoms with Gasteiger partial charge < -0.3 is 9.84 Å². The van der Waals surface area contributed by atoms with Crippen molar-refractivity contribution in [3.8, 4) is 11.8 Å². The van der Waals surface area contributed by atoms with Gasteiger partial charge in [-0.1, -0.05) is 41.4 Å². The molecule has 0 amide bonds. The minimum atomic E-state index is -0.512. The first-order valence-electron chi connectivity index (χ1n) is 10.3. The van der Waals surface area contributed by atoms with Gasteiger partial charge in [-0.25, -0.2) is 4.79 Å². The summed E-state index contributed by atoms with van der Waals surface area (Å²) < 4.78 is 10.1. The second-order valence-corrected chi connectivity index (χ2v) is 8.51. The smallest absolute Gasteiger partial charge is 0.332 e. The minimum absolute atomic E-state index is 0.0911. The lowest BCUT2D eigenvalue weighted by atomic mass is 10.2. The van der Waals surface area contributed by atoms with Crippen LogP contribution in [0.3, 0.4) is 0 Å². The molecule has 0 saturated carbocycles. The van der Waals surface area contributed by atoms with Crippen LogP contribution in [0.2, 0.25) is 10.0 Å². The maximum atomic E-state index is 13.3. The number of hydrogen-bond acceptors (Lipinski definition) is 5. The lowest BCUT2D eigenvalue weighted by molar-refractivity contribution is 0.277. The average Bonchev–Trinajstić information content (AvgIpc) is 3.14. The molecule has 0 bridgehead atoms. The van der Waals surface area contributed by atoms with Gasteiger partial charge in [-0.2, -0.15) is 4.98 Å². The zero-order valence-corrected chi connectivity index (χ0v) is 19.6. The number of imidazole rings is 1. The van der Waals surface area contributed by atoms with Gasteiger partial charge in [0.05, 0.1) is 6.54 Å². The summed E-state index contributed by atoms with van der Waals surface area (Å²) in [6.07, 6.45) is 0.275. The number of aryl methyl sites for hydroxylation is 2. The van der Waals surface area contributed by atoms with Crippen molar-refractivity contribution >= 4 is 34.4 Å². The summed E-state index contributed by atoms with van der Waals surface area (Å²) in [5.74, 6) is 0.448. The van der Waals surface area contributed by atoms with Gasteiger partial charge in [0.15, 0.2) is 11.2 Å². The molecule has 0 spiro atoms. The highest BCUT2D eigenvalue weighted by Crippen LogP contribution is 2.28. The second-order valence-electron chi connectivity index (χ2n) is 7.67. The van der Waals surface area contributed by atoms with Crippen LogP contribution in [0.5, 0.6) is 11.8 Å². The van der Waals surface area contributed by atoms with Crippen LogP contribution in [0.15, 0.2) is 52.1 Å². The summed E-state index contributed by atoms with van der Waals surface area (Å²) in [5.41, 5.74) is 1.17. The van der Waals surface area contributed by atoms with Crippen LogP contribution in [0.4, 0.5) is 0 Å². The summed E-state index contributed by atoms with van der Waals surface area (Å²) in [6.45, 7) is 2.09. The summed E-state index contributed by atoms with van der Waals surface area (Å²) in [6, 6.07) is 12.6. The highest BCUT2D eigenvalue weighted by atomic mass is 35.5. The van der Waals surface area contributed by atoms with E-state index >= 15 is 0 Å². The zero-order chi connectivity index (χ0) is 23.7. The van der Waals surface area contributed by atoms with E-state index in [-0.39, 0.29) is 43.3 Å². The molecule has 0 aliphatic heterocycles. The molecule has 2 aromatic heterocycles. The van der Waals surface area contributed by atoms with Crippen molar-refractivity contribution < 1.29 is 9.84 Å². The van der Waals surface area contributed by atoms with Crippen LogP contribution in [-0.2, 0) is 20.1 Å². The largest absolute Gasteiger partial charge is 0.425 e. The van der Waals surface area contributed by atoms with Crippen LogP contribution >= 0.6 is 23.2 Å². The van der Waals surface area contributed by atoms with Crippen LogP contribution in [0, 0.1) is 6.92 Å². The number of nitrogens with zero attached hydrogens (tertiary/aromatic N) is 4. The van der Waals surface area contributed by atoms with Crippen molar-refractivity contribution in [2.45, 2.75) is 26.4 Å². The maximum Gasteiger partial charge on any atom is 0.332 e. The highest BCUT2D eigenvalue weighted by Gasteiger charge is 2.22. The predicted molar refractivity (Wildman–Crippen MR) is 128 cm³/mol. The van der Waals surface area contributed by atoms with Gasteiger partial charge >= 0.3 is 11.7 Å². The van der Waals surface area contributed by atoms with Gasteiger partial charge in [-0.3, -0.25) is 18.5 Å². The fraction of sp³-hybridized carbons (Fsp3) is 0.261. The molecule has 8 nitrogen and oxygen atoms in total. The van der Waals surface area contributed by atoms with Crippen molar-refractivity contribution in [3.05, 3.63) is 84.5 Å². The van der Waals surface area contributed by atoms with Gasteiger partial charge in [-0.05, 0) is 48.7 Å². The molecule has 0 radical (unpaired) electrons. The Labute approximate surface area is 199 Å². The quantitative estimate of drug-likeness (QED) is 0.427. The topological polar surface area (TPSA) is 91.3 Å². The zero-order valence-electron chi connectivity index (χ0n) is 18.1. The van der Waals surface area contributed by atoms with E-state index in [1.807, 2.05) is 25.1 Å². The van der Waals surface area contributed by atoms with Crippen molar-refractivity contribution in [2.24, 2.45) is 7.05 Å². The SMILES string of the molecule is Cc1ccc(Oc2nc3c(c(=O)n(CCCO)c(=O)n3C)n2Cc2ccc(Cl)cc2)cc1Cl. The van der Waals surface area contributed by atoms with E-state index in [0.717, 1.165) is 15.7 Å². The third-order valence-electron chi connectivity index (χ3n) is 5.34. The van der Waals surface area contributed by atoms with Gasteiger partial charge in [0.25, 0.3) is 5.56 Å². The molecule has 4 rings (SSSR count). The predicted octanol–water partition coefficient (Wildman–Crippen LogP) is 3.73. The fourth-order valence-electron chi connectivity index (χ4n) is 3.52. The average molecular weight is 489 g/mol. The molecule has 4 aromatic rings. The monoisotopic (exact) mass is 488 g/mol. The molecular formula is C23H22Cl2N4O4. The van der Waals surface area contributed by atoms with E-state index in [0.29, 0.717) is 15.8 Å². The van der Waals surface area contributed by atoms with E-state index in [4.69, 9.17) is 27.9 Å². The van der Waals surface area contributed by atoms with Crippen LogP contribution in [0.25, 0.3) is 11.2 Å². The molecule has 0 fully saturated rings. The van der Waals surface area contributed by atoms with Crippen molar-refractivity contribution in [1.82, 2.24) is 18.7 Å². The Morgan fingerprint density at radius 3 is 2.45 bits per heavy atom. The summed E-state index contributed by atoms with van der Waals surface area (Å²) in [4.78, 5) is 30.6. The van der Waals surface area contributed by atoms with Crippen LogP contribution < -0.4 is 16.0 Å². The van der Waals surface area contributed by atoms with Crippen LogP contribution in [0.1, 0.15) is 17.5 Å². The number of fused-ring (bicyclic) bond motifs is 1. The Bertz CT molecular complexity index is 1440. The molecule has 33 heavy (non-hydrogen) atoms. The lowest BCUT2D eigenvalue weighted by Crippen LogP contribution is -2.39. The normalized spacial score (nSPS) is 11.3. The number of aliphatic hydroxyl groups is 1. The molecule has 0 atom stereocenters. The molecule has 0 aliphatic carbocycles. The third-order valence-corrected chi connectivity index (χ3v) is 6.00. The molecule has 10 heteroatoms. The Balaban J connectivity index is 1.93. The van der Waals surface area contributed by atoms with Gasteiger partial charge in [-0.15, -0.1) is 0 Å². The number of halogens is 2. The molecule has 2 aromatic carbocycles. The fourth-order valence-corrected chi connectivity index (χ4v) is 3.81. The van der Waals surface area contributed by atoms with E-state index in [2.05, 4.69) is 4.98 Å². The molecule has 2 heterocycles. The molecular weight excluding hydrogens is 467 g/mol. The molecule has 1 N–H and O–H groups in total. The molecule has 0 unspecified atom stereocenters. The standard InChI is InChI=1S/C23H22Cl2N4O4/c1-14-4-9-17(12-18(14)25)33-22-26-20-19(29(22)13-15-5-7-16(24)8-6-15)21(31)28(10-3-11-30)23(32)27(20)2/h4-9,12,30H,3,10-11,13H2,1-2H3. The van der Waals surface area contributed by atoms with Crippen molar-refractivity contribution in [3.63, 3.8) is 0 Å². The number of benzene rings is 2. The first kappa shape index (κ1) is 23.1. The number of aromatic nitrogens is 4. The van der Waals surface area contributed by atoms with Gasteiger partial charge in [0.1, 0.15) is 5.75 Å². The molecule has 0 aliphatic rings. The molecule has 0 saturated heterocycles. The second kappa shape index (κ2) is 9.43. The summed E-state index contributed by atoms with van der Waals surface area (Å²) in [5, 5.41) is 10.3. The Morgan fingerprint density at radius 1 is 1.06 bits per heavy atom. The maximum absolute atomic E-state index is 13.3. The number of ether oxygens (including phenoxy) is 1. The Hall–Kier alpha value is -3.07. The van der Waals surface area contributed by atoms with Crippen molar-refractivity contribution in [2.75, 3.05) is 6.61 Å². The van der Waals surface area contributed by atoms with Gasteiger partial charge in [0.2, 0.25) is 0 Å². The van der Waals surface area contributed by atoms with E-state index in [1.165, 1.54) is 4.57 Å². The van der Waals surface area contributed by atoms with Crippen LogP contribution in [-0.4, -0.2) is 30.4 Å². The highest BCUT2D eigenvalue weighted by molar-refractivity contribution is 6.31. The van der Waals surface area contributed by atoms with E-state index < -0.39 is 11.2 Å². The summed E-state index contributed by atoms with van der Waals surface area (Å²) >= 11 is 12.3. The first-order chi connectivity index (χ1) is 15.8. The first-order valence-corrected chi connectivity index (χ1v) is 11.0. The van der Waals surface area contributed by atoms with E-state index in [9.17, 15) is 14.7 Å². The Kier molecular flexibility index (Phi) is 6.60. The lowest BCUT2D eigenvalue weighted by Gasteiger charge is -2.12.